The second-order valence-corrected chi connectivity index (χ2v) is 4.65. The first-order chi connectivity index (χ1) is 10.4. The first kappa shape index (κ1) is 15.4. The van der Waals surface area contributed by atoms with Crippen LogP contribution in [0.15, 0.2) is 46.3 Å². The molecular weight excluding hydrogens is 310 g/mol. The normalized spacial score (nSPS) is 10.8. The second kappa shape index (κ2) is 6.22. The van der Waals surface area contributed by atoms with E-state index in [0.717, 1.165) is 12.3 Å². The van der Waals surface area contributed by atoms with Crippen molar-refractivity contribution in [2.24, 2.45) is 4.99 Å². The molecule has 0 saturated heterocycles. The third kappa shape index (κ3) is 3.20. The monoisotopic (exact) mass is 319 g/mol. The highest BCUT2D eigenvalue weighted by Crippen LogP contribution is 2.34. The van der Waals surface area contributed by atoms with Crippen molar-refractivity contribution in [1.82, 2.24) is 0 Å². The smallest absolute Gasteiger partial charge is 0.318 e. The number of nitro benzene ring substituents is 2. The van der Waals surface area contributed by atoms with E-state index in [4.69, 9.17) is 0 Å². The van der Waals surface area contributed by atoms with E-state index in [1.807, 2.05) is 0 Å². The molecule has 0 aromatic heterocycles. The van der Waals surface area contributed by atoms with E-state index in [1.165, 1.54) is 0 Å². The molecule has 9 heteroatoms. The van der Waals surface area contributed by atoms with Crippen LogP contribution >= 0.6 is 12.6 Å². The fourth-order valence-corrected chi connectivity index (χ4v) is 1.90. The second-order valence-electron chi connectivity index (χ2n) is 4.16. The van der Waals surface area contributed by atoms with Gasteiger partial charge in [0.05, 0.1) is 21.6 Å². The van der Waals surface area contributed by atoms with Crippen LogP contribution in [0.3, 0.4) is 0 Å². The summed E-state index contributed by atoms with van der Waals surface area (Å²) in [5, 5.41) is 31.5. The number of para-hydroxylation sites is 1. The molecule has 0 aliphatic rings. The lowest BCUT2D eigenvalue weighted by Crippen LogP contribution is -1.96. The van der Waals surface area contributed by atoms with Gasteiger partial charge in [-0.15, -0.1) is 12.6 Å². The van der Waals surface area contributed by atoms with Crippen LogP contribution < -0.4 is 0 Å². The number of rotatable bonds is 4. The van der Waals surface area contributed by atoms with Gasteiger partial charge in [-0.25, -0.2) is 0 Å². The molecule has 0 heterocycles. The Morgan fingerprint density at radius 2 is 1.82 bits per heavy atom. The molecular formula is C13H9N3O5S. The van der Waals surface area contributed by atoms with Crippen molar-refractivity contribution in [3.63, 3.8) is 0 Å². The summed E-state index contributed by atoms with van der Waals surface area (Å²) in [6.45, 7) is 0. The minimum absolute atomic E-state index is 0.127. The van der Waals surface area contributed by atoms with E-state index >= 15 is 0 Å². The number of benzene rings is 2. The van der Waals surface area contributed by atoms with Crippen LogP contribution in [0.25, 0.3) is 0 Å². The quantitative estimate of drug-likeness (QED) is 0.388. The van der Waals surface area contributed by atoms with E-state index in [0.29, 0.717) is 16.6 Å². The van der Waals surface area contributed by atoms with E-state index in [9.17, 15) is 25.3 Å². The van der Waals surface area contributed by atoms with Gasteiger partial charge in [0, 0.05) is 22.7 Å². The molecule has 0 bridgehead atoms. The number of nitrogens with zero attached hydrogens (tertiary/aromatic N) is 3. The number of aliphatic imine (C=N–C) groups is 1. The molecule has 0 fully saturated rings. The summed E-state index contributed by atoms with van der Waals surface area (Å²) in [7, 11) is 0. The molecule has 22 heavy (non-hydrogen) atoms. The van der Waals surface area contributed by atoms with Gasteiger partial charge in [0.1, 0.15) is 0 Å². The minimum atomic E-state index is -0.897. The molecule has 0 aliphatic heterocycles. The number of aromatic hydroxyl groups is 1. The van der Waals surface area contributed by atoms with E-state index in [1.54, 1.807) is 24.3 Å². The predicted octanol–water partition coefficient (Wildman–Crippen LogP) is 3.25. The van der Waals surface area contributed by atoms with E-state index < -0.39 is 27.0 Å². The van der Waals surface area contributed by atoms with Crippen molar-refractivity contribution in [2.45, 2.75) is 4.90 Å². The van der Waals surface area contributed by atoms with Gasteiger partial charge in [-0.2, -0.15) is 0 Å². The minimum Gasteiger partial charge on any atom is -0.502 e. The lowest BCUT2D eigenvalue weighted by atomic mass is 10.1. The van der Waals surface area contributed by atoms with Crippen molar-refractivity contribution in [1.29, 1.82) is 0 Å². The topological polar surface area (TPSA) is 119 Å². The molecule has 0 unspecified atom stereocenters. The maximum absolute atomic E-state index is 10.8. The highest BCUT2D eigenvalue weighted by Gasteiger charge is 2.22. The summed E-state index contributed by atoms with van der Waals surface area (Å²) >= 11 is 4.18. The number of hydrogen-bond donors (Lipinski definition) is 2. The van der Waals surface area contributed by atoms with Crippen LogP contribution in [0.4, 0.5) is 17.1 Å². The largest absolute Gasteiger partial charge is 0.502 e. The van der Waals surface area contributed by atoms with E-state index in [2.05, 4.69) is 17.6 Å². The SMILES string of the molecule is O=[N+]([O-])c1cc(C=Nc2ccccc2S)c(O)c([N+](=O)[O-])c1. The zero-order valence-electron chi connectivity index (χ0n) is 10.9. The van der Waals surface area contributed by atoms with Gasteiger partial charge in [-0.1, -0.05) is 12.1 Å². The summed E-state index contributed by atoms with van der Waals surface area (Å²) in [5.41, 5.74) is -0.934. The Morgan fingerprint density at radius 3 is 2.41 bits per heavy atom. The van der Waals surface area contributed by atoms with Gasteiger partial charge < -0.3 is 5.11 Å². The van der Waals surface area contributed by atoms with E-state index in [-0.39, 0.29) is 5.56 Å². The molecule has 8 nitrogen and oxygen atoms in total. The third-order valence-corrected chi connectivity index (χ3v) is 3.11. The number of phenols is 1. The molecule has 0 spiro atoms. The Hall–Kier alpha value is -2.94. The Bertz CT molecular complexity index is 791. The van der Waals surface area contributed by atoms with Crippen LogP contribution in [0.2, 0.25) is 0 Å². The summed E-state index contributed by atoms with van der Waals surface area (Å²) < 4.78 is 0. The fraction of sp³-hybridized carbons (Fsp3) is 0. The Kier molecular flexibility index (Phi) is 4.37. The summed E-state index contributed by atoms with van der Waals surface area (Å²) in [4.78, 5) is 24.6. The van der Waals surface area contributed by atoms with Gasteiger partial charge in [0.25, 0.3) is 5.69 Å². The standard InChI is InChI=1S/C13H9N3O5S/c17-13-8(7-14-10-3-1-2-4-12(10)22)5-9(15(18)19)6-11(13)16(20)21/h1-7,17,22H. The van der Waals surface area contributed by atoms with Crippen LogP contribution in [0.5, 0.6) is 5.75 Å². The third-order valence-electron chi connectivity index (χ3n) is 2.74. The highest BCUT2D eigenvalue weighted by atomic mass is 32.1. The first-order valence-electron chi connectivity index (χ1n) is 5.88. The first-order valence-corrected chi connectivity index (χ1v) is 6.32. The van der Waals surface area contributed by atoms with Gasteiger partial charge in [0.15, 0.2) is 0 Å². The molecule has 1 N–H and O–H groups in total. The molecule has 2 aromatic carbocycles. The molecule has 0 saturated carbocycles. The molecule has 0 radical (unpaired) electrons. The molecule has 112 valence electrons. The molecule has 0 atom stereocenters. The number of hydrogen-bond acceptors (Lipinski definition) is 7. The van der Waals surface area contributed by atoms with Crippen LogP contribution in [-0.4, -0.2) is 21.2 Å². The number of phenolic OH excluding ortho intramolecular Hbond substituents is 1. The van der Waals surface area contributed by atoms with Crippen molar-refractivity contribution >= 4 is 35.9 Å². The number of thiol groups is 1. The van der Waals surface area contributed by atoms with Crippen LogP contribution in [-0.2, 0) is 0 Å². The summed E-state index contributed by atoms with van der Waals surface area (Å²) in [6.07, 6.45) is 1.12. The number of nitro groups is 2. The van der Waals surface area contributed by atoms with Gasteiger partial charge in [0.2, 0.25) is 5.75 Å². The number of non-ortho nitro benzene ring substituents is 1. The van der Waals surface area contributed by atoms with Crippen molar-refractivity contribution in [2.75, 3.05) is 0 Å². The zero-order chi connectivity index (χ0) is 16.3. The average molecular weight is 319 g/mol. The van der Waals surface area contributed by atoms with Crippen LogP contribution in [0, 0.1) is 20.2 Å². The molecule has 2 rings (SSSR count). The Labute approximate surface area is 129 Å². The predicted molar refractivity (Wildman–Crippen MR) is 82.4 cm³/mol. The molecule has 0 aliphatic carbocycles. The maximum Gasteiger partial charge on any atom is 0.318 e. The highest BCUT2D eigenvalue weighted by molar-refractivity contribution is 7.80. The molecule has 2 aromatic rings. The maximum atomic E-state index is 10.8. The van der Waals surface area contributed by atoms with Gasteiger partial charge in [-0.3, -0.25) is 25.2 Å². The lowest BCUT2D eigenvalue weighted by Gasteiger charge is -2.02. The summed E-state index contributed by atoms with van der Waals surface area (Å²) in [5.74, 6) is -0.684. The van der Waals surface area contributed by atoms with Crippen molar-refractivity contribution in [3.05, 3.63) is 62.2 Å². The van der Waals surface area contributed by atoms with Gasteiger partial charge >= 0.3 is 5.69 Å². The Balaban J connectivity index is 2.53. The average Bonchev–Trinajstić information content (AvgIpc) is 2.47. The van der Waals surface area contributed by atoms with Crippen LogP contribution in [0.1, 0.15) is 5.56 Å². The zero-order valence-corrected chi connectivity index (χ0v) is 11.8. The fourth-order valence-electron chi connectivity index (χ4n) is 1.68. The summed E-state index contributed by atoms with van der Waals surface area (Å²) in [6, 6.07) is 8.48. The molecule has 0 amide bonds. The van der Waals surface area contributed by atoms with Gasteiger partial charge in [-0.05, 0) is 12.1 Å². The van der Waals surface area contributed by atoms with Crippen molar-refractivity contribution in [3.8, 4) is 5.75 Å². The van der Waals surface area contributed by atoms with Crippen molar-refractivity contribution < 1.29 is 15.0 Å². The Morgan fingerprint density at radius 1 is 1.14 bits per heavy atom. The lowest BCUT2D eigenvalue weighted by molar-refractivity contribution is -0.394.